The van der Waals surface area contributed by atoms with Gasteiger partial charge in [0.2, 0.25) is 12.3 Å². The number of nitrogens with one attached hydrogen (secondary N) is 1. The summed E-state index contributed by atoms with van der Waals surface area (Å²) in [6.45, 7) is 1.14. The van der Waals surface area contributed by atoms with Crippen LogP contribution in [0.25, 0.3) is 0 Å². The molecule has 2 aromatic carbocycles. The fourth-order valence-electron chi connectivity index (χ4n) is 2.52. The van der Waals surface area contributed by atoms with Crippen LogP contribution in [-0.4, -0.2) is 23.2 Å². The molecule has 0 radical (unpaired) electrons. The lowest BCUT2D eigenvalue weighted by molar-refractivity contribution is -0.484. The Kier molecular flexibility index (Phi) is 5.78. The van der Waals surface area contributed by atoms with Crippen molar-refractivity contribution in [1.82, 2.24) is 0 Å². The number of carbonyl (C=O) groups is 2. The van der Waals surface area contributed by atoms with Crippen LogP contribution in [0.3, 0.4) is 0 Å². The number of Topliss-reactive ketones (excluding diaryl/α,β-unsaturated/α-hetero) is 1. The third-order valence-corrected chi connectivity index (χ3v) is 3.85. The number of para-hydroxylation sites is 1. The van der Waals surface area contributed by atoms with Crippen molar-refractivity contribution in [2.24, 2.45) is 5.92 Å². The molecule has 2 atom stereocenters. The lowest BCUT2D eigenvalue weighted by atomic mass is 9.84. The number of amides is 1. The second-order valence-corrected chi connectivity index (χ2v) is 5.51. The van der Waals surface area contributed by atoms with Gasteiger partial charge in [0.05, 0.1) is 5.92 Å². The van der Waals surface area contributed by atoms with Crippen LogP contribution in [0.2, 0.25) is 0 Å². The Balaban J connectivity index is 2.16. The van der Waals surface area contributed by atoms with Gasteiger partial charge >= 0.3 is 0 Å². The monoisotopic (exact) mass is 326 g/mol. The van der Waals surface area contributed by atoms with Crippen LogP contribution in [-0.2, 0) is 9.59 Å². The molecule has 0 unspecified atom stereocenters. The normalized spacial score (nSPS) is 12.9. The highest BCUT2D eigenvalue weighted by atomic mass is 16.6. The van der Waals surface area contributed by atoms with E-state index in [0.717, 1.165) is 0 Å². The maximum Gasteiger partial charge on any atom is 0.292 e. The second-order valence-electron chi connectivity index (χ2n) is 5.51. The van der Waals surface area contributed by atoms with E-state index in [0.29, 0.717) is 11.3 Å². The first-order valence-corrected chi connectivity index (χ1v) is 7.56. The quantitative estimate of drug-likeness (QED) is 0.481. The van der Waals surface area contributed by atoms with Crippen LogP contribution in [0.5, 0.6) is 0 Å². The summed E-state index contributed by atoms with van der Waals surface area (Å²) in [6, 6.07) is 17.4. The van der Waals surface area contributed by atoms with E-state index in [2.05, 4.69) is 5.32 Å². The number of nitro groups is 1. The summed E-state index contributed by atoms with van der Waals surface area (Å²) in [5.41, 5.74) is 1.18. The summed E-state index contributed by atoms with van der Waals surface area (Å²) in [6.07, 6.45) is 0. The summed E-state index contributed by atoms with van der Waals surface area (Å²) in [5.74, 6) is -2.90. The van der Waals surface area contributed by atoms with E-state index >= 15 is 0 Å². The van der Waals surface area contributed by atoms with E-state index in [9.17, 15) is 19.7 Å². The van der Waals surface area contributed by atoms with Crippen molar-refractivity contribution < 1.29 is 14.5 Å². The van der Waals surface area contributed by atoms with Gasteiger partial charge in [-0.1, -0.05) is 55.5 Å². The van der Waals surface area contributed by atoms with E-state index < -0.39 is 35.0 Å². The van der Waals surface area contributed by atoms with Gasteiger partial charge in [0.1, 0.15) is 0 Å². The first-order chi connectivity index (χ1) is 11.5. The van der Waals surface area contributed by atoms with Crippen molar-refractivity contribution >= 4 is 17.4 Å². The van der Waals surface area contributed by atoms with Gasteiger partial charge in [0.25, 0.3) is 5.91 Å². The summed E-state index contributed by atoms with van der Waals surface area (Å²) in [4.78, 5) is 35.1. The number of hydrogen-bond acceptors (Lipinski definition) is 4. The van der Waals surface area contributed by atoms with Crippen LogP contribution in [0.1, 0.15) is 18.4 Å². The number of ketones is 1. The van der Waals surface area contributed by atoms with Crippen LogP contribution in [0, 0.1) is 16.0 Å². The highest BCUT2D eigenvalue weighted by Gasteiger charge is 2.33. The molecule has 2 rings (SSSR count). The van der Waals surface area contributed by atoms with Crippen LogP contribution >= 0.6 is 0 Å². The Morgan fingerprint density at radius 3 is 2.12 bits per heavy atom. The average Bonchev–Trinajstić information content (AvgIpc) is 2.60. The predicted octanol–water partition coefficient (Wildman–Crippen LogP) is 2.89. The summed E-state index contributed by atoms with van der Waals surface area (Å²) in [5, 5.41) is 13.5. The van der Waals surface area contributed by atoms with E-state index in [-0.39, 0.29) is 0 Å². The first kappa shape index (κ1) is 17.3. The molecule has 0 fully saturated rings. The van der Waals surface area contributed by atoms with Gasteiger partial charge in [-0.05, 0) is 17.7 Å². The molecule has 0 heterocycles. The summed E-state index contributed by atoms with van der Waals surface area (Å²) in [7, 11) is 0. The zero-order valence-corrected chi connectivity index (χ0v) is 13.2. The van der Waals surface area contributed by atoms with E-state index in [4.69, 9.17) is 0 Å². The smallest absolute Gasteiger partial charge is 0.292 e. The molecule has 1 amide bonds. The molecule has 0 bridgehead atoms. The fraction of sp³-hybridized carbons (Fsp3) is 0.222. The number of benzene rings is 2. The first-order valence-electron chi connectivity index (χ1n) is 7.56. The standard InChI is InChI=1S/C18H18N2O4/c1-13(16(12-20(23)24)14-8-4-2-5-9-14)17(21)18(22)19-15-10-6-3-7-11-15/h2-11,13,16H,12H2,1H3,(H,19,22)/t13-,16+/m1/s1. The van der Waals surface area contributed by atoms with Crippen LogP contribution < -0.4 is 5.32 Å². The zero-order chi connectivity index (χ0) is 17.5. The molecule has 2 aromatic rings. The topological polar surface area (TPSA) is 89.3 Å². The molecule has 0 aliphatic carbocycles. The maximum absolute atomic E-state index is 12.4. The van der Waals surface area contributed by atoms with Crippen molar-refractivity contribution in [3.8, 4) is 0 Å². The number of hydrogen-bond donors (Lipinski definition) is 1. The number of carbonyl (C=O) groups excluding carboxylic acids is 2. The Morgan fingerprint density at radius 1 is 1.04 bits per heavy atom. The zero-order valence-electron chi connectivity index (χ0n) is 13.2. The Hall–Kier alpha value is -3.02. The minimum Gasteiger partial charge on any atom is -0.319 e. The molecule has 0 aliphatic heterocycles. The average molecular weight is 326 g/mol. The molecule has 0 spiro atoms. The van der Waals surface area contributed by atoms with Crippen molar-refractivity contribution in [3.63, 3.8) is 0 Å². The highest BCUT2D eigenvalue weighted by Crippen LogP contribution is 2.26. The largest absolute Gasteiger partial charge is 0.319 e. The Morgan fingerprint density at radius 2 is 1.58 bits per heavy atom. The third kappa shape index (κ3) is 4.49. The number of anilines is 1. The van der Waals surface area contributed by atoms with E-state index in [1.165, 1.54) is 0 Å². The van der Waals surface area contributed by atoms with Crippen LogP contribution in [0.15, 0.2) is 60.7 Å². The van der Waals surface area contributed by atoms with Gasteiger partial charge in [-0.3, -0.25) is 19.7 Å². The summed E-state index contributed by atoms with van der Waals surface area (Å²) < 4.78 is 0. The van der Waals surface area contributed by atoms with Gasteiger partial charge in [0.15, 0.2) is 0 Å². The lowest BCUT2D eigenvalue weighted by Gasteiger charge is -2.19. The predicted molar refractivity (Wildman–Crippen MR) is 90.3 cm³/mol. The molecule has 0 saturated heterocycles. The molecular formula is C18H18N2O4. The maximum atomic E-state index is 12.4. The van der Waals surface area contributed by atoms with Gasteiger partial charge in [-0.2, -0.15) is 0 Å². The van der Waals surface area contributed by atoms with Crippen molar-refractivity contribution in [1.29, 1.82) is 0 Å². The highest BCUT2D eigenvalue weighted by molar-refractivity contribution is 6.41. The molecule has 0 saturated carbocycles. The molecule has 6 heteroatoms. The van der Waals surface area contributed by atoms with E-state index in [1.54, 1.807) is 67.6 Å². The third-order valence-electron chi connectivity index (χ3n) is 3.85. The Labute approximate surface area is 139 Å². The van der Waals surface area contributed by atoms with Gasteiger partial charge in [0, 0.05) is 16.5 Å². The molecule has 124 valence electrons. The lowest BCUT2D eigenvalue weighted by Crippen LogP contribution is -2.33. The fourth-order valence-corrected chi connectivity index (χ4v) is 2.52. The molecule has 0 aliphatic rings. The number of rotatable bonds is 7. The SMILES string of the molecule is C[C@@H](C(=O)C(=O)Nc1ccccc1)[C@H](C[N+](=O)[O-])c1ccccc1. The minimum absolute atomic E-state index is 0.407. The minimum atomic E-state index is -0.804. The van der Waals surface area contributed by atoms with Crippen LogP contribution in [0.4, 0.5) is 5.69 Å². The molecular weight excluding hydrogens is 308 g/mol. The van der Waals surface area contributed by atoms with E-state index in [1.807, 2.05) is 0 Å². The van der Waals surface area contributed by atoms with Gasteiger partial charge in [-0.25, -0.2) is 0 Å². The van der Waals surface area contributed by atoms with Gasteiger partial charge < -0.3 is 5.32 Å². The molecule has 6 nitrogen and oxygen atoms in total. The molecule has 0 aromatic heterocycles. The molecule has 1 N–H and O–H groups in total. The van der Waals surface area contributed by atoms with Crippen molar-refractivity contribution in [2.75, 3.05) is 11.9 Å². The second kappa shape index (κ2) is 8.01. The number of nitrogens with zero attached hydrogens (tertiary/aromatic N) is 1. The van der Waals surface area contributed by atoms with Gasteiger partial charge in [-0.15, -0.1) is 0 Å². The molecule has 24 heavy (non-hydrogen) atoms. The summed E-state index contributed by atoms with van der Waals surface area (Å²) >= 11 is 0. The Bertz CT molecular complexity index is 716. The van der Waals surface area contributed by atoms with Crippen molar-refractivity contribution in [2.45, 2.75) is 12.8 Å². The van der Waals surface area contributed by atoms with Crippen molar-refractivity contribution in [3.05, 3.63) is 76.3 Å².